The minimum absolute atomic E-state index is 0.0580. The maximum atomic E-state index is 13.1. The van der Waals surface area contributed by atoms with Gasteiger partial charge in [0.25, 0.3) is 0 Å². The third-order valence-corrected chi connectivity index (χ3v) is 2.17. The van der Waals surface area contributed by atoms with Crippen LogP contribution >= 0.6 is 15.9 Å². The van der Waals surface area contributed by atoms with Crippen molar-refractivity contribution in [1.82, 2.24) is 0 Å². The van der Waals surface area contributed by atoms with Crippen LogP contribution in [0.4, 0.5) is 17.6 Å². The molecule has 0 spiro atoms. The number of Topliss-reactive ketones (excluding diaryl/α,β-unsaturated/α-hetero) is 1. The standard InChI is InChI=1S/C9H5BrF4O/c1-4(15)8-6(9(12,13)14)2-5(10)3-7(8)11/h2-3H,1H3. The van der Waals surface area contributed by atoms with Gasteiger partial charge in [0.05, 0.1) is 11.1 Å². The molecule has 0 unspecified atom stereocenters. The van der Waals surface area contributed by atoms with Crippen molar-refractivity contribution in [3.05, 3.63) is 33.5 Å². The molecule has 0 heterocycles. The Balaban J connectivity index is 3.54. The summed E-state index contributed by atoms with van der Waals surface area (Å²) in [7, 11) is 0. The third-order valence-electron chi connectivity index (χ3n) is 1.71. The molecule has 0 fully saturated rings. The second-order valence-electron chi connectivity index (χ2n) is 2.86. The van der Waals surface area contributed by atoms with Gasteiger partial charge in [-0.15, -0.1) is 0 Å². The highest BCUT2D eigenvalue weighted by atomic mass is 79.9. The zero-order chi connectivity index (χ0) is 11.8. The molecule has 0 saturated carbocycles. The van der Waals surface area contributed by atoms with Gasteiger partial charge in [0.1, 0.15) is 5.82 Å². The summed E-state index contributed by atoms with van der Waals surface area (Å²) >= 11 is 2.74. The molecule has 0 aliphatic rings. The van der Waals surface area contributed by atoms with Gasteiger partial charge in [-0.25, -0.2) is 4.39 Å². The van der Waals surface area contributed by atoms with Crippen LogP contribution in [0.25, 0.3) is 0 Å². The van der Waals surface area contributed by atoms with E-state index in [1.54, 1.807) is 0 Å². The van der Waals surface area contributed by atoms with Crippen molar-refractivity contribution in [1.29, 1.82) is 0 Å². The first-order valence-corrected chi connectivity index (χ1v) is 4.60. The van der Waals surface area contributed by atoms with Gasteiger partial charge in [0.15, 0.2) is 5.78 Å². The molecule has 0 amide bonds. The number of benzene rings is 1. The van der Waals surface area contributed by atoms with Gasteiger partial charge < -0.3 is 0 Å². The molecular weight excluding hydrogens is 280 g/mol. The fourth-order valence-corrected chi connectivity index (χ4v) is 1.58. The van der Waals surface area contributed by atoms with E-state index in [9.17, 15) is 22.4 Å². The van der Waals surface area contributed by atoms with Crippen LogP contribution in [0.2, 0.25) is 0 Å². The smallest absolute Gasteiger partial charge is 0.294 e. The van der Waals surface area contributed by atoms with Crippen LogP contribution in [0.1, 0.15) is 22.8 Å². The maximum absolute atomic E-state index is 13.1. The molecule has 1 aromatic carbocycles. The zero-order valence-electron chi connectivity index (χ0n) is 7.45. The first-order valence-electron chi connectivity index (χ1n) is 3.80. The zero-order valence-corrected chi connectivity index (χ0v) is 9.04. The lowest BCUT2D eigenvalue weighted by molar-refractivity contribution is -0.138. The topological polar surface area (TPSA) is 17.1 Å². The van der Waals surface area contributed by atoms with Crippen LogP contribution < -0.4 is 0 Å². The number of ketones is 1. The van der Waals surface area contributed by atoms with Crippen LogP contribution in [0, 0.1) is 5.82 Å². The first-order chi connectivity index (χ1) is 6.73. The molecule has 0 N–H and O–H groups in total. The largest absolute Gasteiger partial charge is 0.417 e. The lowest BCUT2D eigenvalue weighted by atomic mass is 10.0. The summed E-state index contributed by atoms with van der Waals surface area (Å²) in [4.78, 5) is 10.9. The van der Waals surface area contributed by atoms with Gasteiger partial charge in [-0.05, 0) is 19.1 Å². The molecule has 1 nitrogen and oxygen atoms in total. The molecule has 15 heavy (non-hydrogen) atoms. The van der Waals surface area contributed by atoms with Crippen molar-refractivity contribution in [3.8, 4) is 0 Å². The van der Waals surface area contributed by atoms with Crippen molar-refractivity contribution in [2.45, 2.75) is 13.1 Å². The predicted molar refractivity (Wildman–Crippen MR) is 49.1 cm³/mol. The fourth-order valence-electron chi connectivity index (χ4n) is 1.15. The van der Waals surface area contributed by atoms with E-state index in [4.69, 9.17) is 0 Å². The normalized spacial score (nSPS) is 11.6. The molecule has 0 bridgehead atoms. The molecule has 0 aromatic heterocycles. The van der Waals surface area contributed by atoms with Crippen LogP contribution in [0.15, 0.2) is 16.6 Å². The Hall–Kier alpha value is -0.910. The van der Waals surface area contributed by atoms with E-state index < -0.39 is 28.9 Å². The van der Waals surface area contributed by atoms with Crippen molar-refractivity contribution in [2.24, 2.45) is 0 Å². The summed E-state index contributed by atoms with van der Waals surface area (Å²) in [6.07, 6.45) is -4.74. The Morgan fingerprint density at radius 2 is 1.87 bits per heavy atom. The first kappa shape index (κ1) is 12.2. The van der Waals surface area contributed by atoms with Gasteiger partial charge >= 0.3 is 6.18 Å². The van der Waals surface area contributed by atoms with Gasteiger partial charge in [-0.3, -0.25) is 4.79 Å². The number of rotatable bonds is 1. The lowest BCUT2D eigenvalue weighted by Crippen LogP contribution is -2.13. The molecule has 6 heteroatoms. The summed E-state index contributed by atoms with van der Waals surface area (Å²) in [5, 5.41) is 0. The Labute approximate surface area is 91.2 Å². The average Bonchev–Trinajstić information content (AvgIpc) is 1.99. The van der Waals surface area contributed by atoms with Crippen molar-refractivity contribution in [3.63, 3.8) is 0 Å². The fraction of sp³-hybridized carbons (Fsp3) is 0.222. The van der Waals surface area contributed by atoms with Gasteiger partial charge in [-0.1, -0.05) is 15.9 Å². The molecule has 1 aromatic rings. The number of halogens is 5. The number of hydrogen-bond donors (Lipinski definition) is 0. The predicted octanol–water partition coefficient (Wildman–Crippen LogP) is 3.81. The van der Waals surface area contributed by atoms with E-state index in [0.29, 0.717) is 6.07 Å². The lowest BCUT2D eigenvalue weighted by Gasteiger charge is -2.12. The summed E-state index contributed by atoms with van der Waals surface area (Å²) in [6, 6.07) is 1.51. The molecule has 0 aliphatic carbocycles. The van der Waals surface area contributed by atoms with Gasteiger partial charge in [0.2, 0.25) is 0 Å². The van der Waals surface area contributed by atoms with Crippen LogP contribution in [-0.4, -0.2) is 5.78 Å². The number of carbonyl (C=O) groups is 1. The van der Waals surface area contributed by atoms with Crippen molar-refractivity contribution in [2.75, 3.05) is 0 Å². The summed E-state index contributed by atoms with van der Waals surface area (Å²) in [5.74, 6) is -2.13. The Kier molecular flexibility index (Phi) is 3.18. The number of carbonyl (C=O) groups excluding carboxylic acids is 1. The van der Waals surface area contributed by atoms with E-state index in [2.05, 4.69) is 15.9 Å². The molecule has 0 radical (unpaired) electrons. The van der Waals surface area contributed by atoms with E-state index in [1.165, 1.54) is 0 Å². The molecule has 1 rings (SSSR count). The number of alkyl halides is 3. The van der Waals surface area contributed by atoms with Crippen LogP contribution in [-0.2, 0) is 6.18 Å². The second kappa shape index (κ2) is 3.92. The van der Waals surface area contributed by atoms with Crippen molar-refractivity contribution >= 4 is 21.7 Å². The Bertz CT molecular complexity index is 411. The van der Waals surface area contributed by atoms with E-state index in [0.717, 1.165) is 13.0 Å². The molecule has 0 aliphatic heterocycles. The monoisotopic (exact) mass is 284 g/mol. The maximum Gasteiger partial charge on any atom is 0.417 e. The summed E-state index contributed by atoms with van der Waals surface area (Å²) in [6.45, 7) is 0.890. The van der Waals surface area contributed by atoms with E-state index in [1.807, 2.05) is 0 Å². The van der Waals surface area contributed by atoms with Gasteiger partial charge in [0, 0.05) is 4.47 Å². The molecule has 0 atom stereocenters. The quantitative estimate of drug-likeness (QED) is 0.566. The SMILES string of the molecule is CC(=O)c1c(F)cc(Br)cc1C(F)(F)F. The minimum atomic E-state index is -4.74. The molecule has 0 saturated heterocycles. The van der Waals surface area contributed by atoms with E-state index in [-0.39, 0.29) is 4.47 Å². The Morgan fingerprint density at radius 1 is 1.33 bits per heavy atom. The highest BCUT2D eigenvalue weighted by Gasteiger charge is 2.36. The van der Waals surface area contributed by atoms with Crippen LogP contribution in [0.3, 0.4) is 0 Å². The average molecular weight is 285 g/mol. The second-order valence-corrected chi connectivity index (χ2v) is 3.78. The summed E-state index contributed by atoms with van der Waals surface area (Å²) < 4.78 is 50.4. The molecular formula is C9H5BrF4O. The van der Waals surface area contributed by atoms with E-state index >= 15 is 0 Å². The highest BCUT2D eigenvalue weighted by molar-refractivity contribution is 9.10. The van der Waals surface area contributed by atoms with Crippen molar-refractivity contribution < 1.29 is 22.4 Å². The van der Waals surface area contributed by atoms with Crippen LogP contribution in [0.5, 0.6) is 0 Å². The van der Waals surface area contributed by atoms with Gasteiger partial charge in [-0.2, -0.15) is 13.2 Å². The summed E-state index contributed by atoms with van der Waals surface area (Å²) in [5.41, 5.74) is -2.19. The Morgan fingerprint density at radius 3 is 2.27 bits per heavy atom. The third kappa shape index (κ3) is 2.56. The minimum Gasteiger partial charge on any atom is -0.294 e. The highest BCUT2D eigenvalue weighted by Crippen LogP contribution is 2.35. The molecule has 82 valence electrons. The number of hydrogen-bond acceptors (Lipinski definition) is 1.